The minimum atomic E-state index is 1.03. The maximum atomic E-state index is 3.36. The summed E-state index contributed by atoms with van der Waals surface area (Å²) in [6, 6.07) is 45.8. The van der Waals surface area contributed by atoms with Gasteiger partial charge in [0, 0.05) is 21.5 Å². The Kier molecular flexibility index (Phi) is 5.28. The Bertz CT molecular complexity index is 1900. The van der Waals surface area contributed by atoms with E-state index in [0.717, 1.165) is 5.56 Å². The van der Waals surface area contributed by atoms with Crippen molar-refractivity contribution in [1.82, 2.24) is 0 Å². The summed E-state index contributed by atoms with van der Waals surface area (Å²) in [5.74, 6) is 3.33. The summed E-state index contributed by atoms with van der Waals surface area (Å²) in [6.45, 7) is 0. The molecule has 7 aromatic carbocycles. The fourth-order valence-corrected chi connectivity index (χ4v) is 5.93. The Hall–Kier alpha value is -4.38. The van der Waals surface area contributed by atoms with Gasteiger partial charge >= 0.3 is 0 Å². The predicted molar refractivity (Wildman–Crippen MR) is 162 cm³/mol. The molecule has 0 unspecified atom stereocenters. The van der Waals surface area contributed by atoms with Gasteiger partial charge in [0.25, 0.3) is 0 Å². The van der Waals surface area contributed by atoms with Gasteiger partial charge < -0.3 is 0 Å². The molecule has 0 radical (unpaired) electrons. The smallest absolute Gasteiger partial charge is 0.0339 e. The van der Waals surface area contributed by atoms with Gasteiger partial charge in [0.05, 0.1) is 0 Å². The summed E-state index contributed by atoms with van der Waals surface area (Å²) in [7, 11) is 0. The molecule has 0 aliphatic rings. The van der Waals surface area contributed by atoms with Crippen molar-refractivity contribution in [3.05, 3.63) is 133 Å². The van der Waals surface area contributed by atoms with Crippen LogP contribution in [0, 0.1) is 10.8 Å². The van der Waals surface area contributed by atoms with Gasteiger partial charge in [-0.2, -0.15) is 0 Å². The third kappa shape index (κ3) is 3.53. The van der Waals surface area contributed by atoms with Gasteiger partial charge in [-0.3, -0.25) is 0 Å². The van der Waals surface area contributed by atoms with Crippen LogP contribution in [-0.2, 0) is 0 Å². The molecule has 0 N–H and O–H groups in total. The summed E-state index contributed by atoms with van der Waals surface area (Å²) in [5.41, 5.74) is 8.38. The molecule has 7 rings (SSSR count). The van der Waals surface area contributed by atoms with E-state index in [1.165, 1.54) is 65.7 Å². The highest BCUT2D eigenvalue weighted by Crippen LogP contribution is 2.46. The third-order valence-corrected chi connectivity index (χ3v) is 7.53. The van der Waals surface area contributed by atoms with Crippen LogP contribution in [0.1, 0.15) is 5.56 Å². The maximum absolute atomic E-state index is 3.36. The Morgan fingerprint density at radius 3 is 1.22 bits per heavy atom. The van der Waals surface area contributed by atoms with Crippen molar-refractivity contribution in [2.75, 3.05) is 0 Å². The van der Waals surface area contributed by atoms with Gasteiger partial charge in [-0.15, -0.1) is 0 Å². The van der Waals surface area contributed by atoms with E-state index in [1.807, 2.05) is 0 Å². The molecule has 0 saturated heterocycles. The zero-order chi connectivity index (χ0) is 24.8. The fraction of sp³-hybridized carbons (Fsp3) is 0. The molecule has 0 aromatic heterocycles. The first-order chi connectivity index (χ1) is 18.3. The SMILES string of the molecule is BrC#Cc1cc(-c2ccccc2)c2ccc3c(-c4ccccc4)cc(-c4ccccc4)c4ccc1c2c43. The summed E-state index contributed by atoms with van der Waals surface area (Å²) in [5, 5.41) is 7.54. The number of hydrogen-bond acceptors (Lipinski definition) is 0. The van der Waals surface area contributed by atoms with E-state index in [1.54, 1.807) is 0 Å². The van der Waals surface area contributed by atoms with Crippen LogP contribution in [0.3, 0.4) is 0 Å². The molecule has 37 heavy (non-hydrogen) atoms. The lowest BCUT2D eigenvalue weighted by molar-refractivity contribution is 1.63. The van der Waals surface area contributed by atoms with Crippen LogP contribution in [-0.4, -0.2) is 0 Å². The second kappa shape index (κ2) is 8.93. The largest absolute Gasteiger partial charge is 0.0622 e. The molecular weight excluding hydrogens is 512 g/mol. The van der Waals surface area contributed by atoms with E-state index in [0.29, 0.717) is 0 Å². The summed E-state index contributed by atoms with van der Waals surface area (Å²) >= 11 is 3.36. The average Bonchev–Trinajstić information content (AvgIpc) is 2.97. The molecule has 172 valence electrons. The van der Waals surface area contributed by atoms with Crippen molar-refractivity contribution < 1.29 is 0 Å². The number of rotatable bonds is 3. The van der Waals surface area contributed by atoms with Crippen LogP contribution >= 0.6 is 15.9 Å². The molecule has 0 bridgehead atoms. The van der Waals surface area contributed by atoms with Crippen LogP contribution in [0.5, 0.6) is 0 Å². The lowest BCUT2D eigenvalue weighted by atomic mass is 9.83. The Morgan fingerprint density at radius 2 is 0.784 bits per heavy atom. The van der Waals surface area contributed by atoms with E-state index >= 15 is 0 Å². The molecule has 0 fully saturated rings. The molecule has 0 amide bonds. The van der Waals surface area contributed by atoms with E-state index in [2.05, 4.69) is 154 Å². The van der Waals surface area contributed by atoms with Crippen LogP contribution in [0.15, 0.2) is 127 Å². The number of benzene rings is 7. The molecule has 7 aromatic rings. The lowest BCUT2D eigenvalue weighted by Gasteiger charge is -2.20. The number of hydrogen-bond donors (Lipinski definition) is 0. The van der Waals surface area contributed by atoms with Crippen molar-refractivity contribution >= 4 is 48.2 Å². The van der Waals surface area contributed by atoms with Gasteiger partial charge in [0.2, 0.25) is 0 Å². The van der Waals surface area contributed by atoms with E-state index in [-0.39, 0.29) is 0 Å². The highest BCUT2D eigenvalue weighted by atomic mass is 79.9. The molecule has 0 atom stereocenters. The lowest BCUT2D eigenvalue weighted by Crippen LogP contribution is -1.94. The van der Waals surface area contributed by atoms with Crippen LogP contribution in [0.25, 0.3) is 65.7 Å². The summed E-state index contributed by atoms with van der Waals surface area (Å²) in [4.78, 5) is 2.97. The minimum absolute atomic E-state index is 1.03. The van der Waals surface area contributed by atoms with Crippen molar-refractivity contribution in [2.24, 2.45) is 0 Å². The molecular formula is C36H21Br. The van der Waals surface area contributed by atoms with Crippen LogP contribution in [0.4, 0.5) is 0 Å². The van der Waals surface area contributed by atoms with E-state index < -0.39 is 0 Å². The summed E-state index contributed by atoms with van der Waals surface area (Å²) < 4.78 is 0. The van der Waals surface area contributed by atoms with Gasteiger partial charge in [0.1, 0.15) is 0 Å². The number of halogens is 1. The Morgan fingerprint density at radius 1 is 0.405 bits per heavy atom. The molecule has 0 aliphatic heterocycles. The second-order valence-electron chi connectivity index (χ2n) is 9.33. The van der Waals surface area contributed by atoms with Crippen molar-refractivity contribution in [1.29, 1.82) is 0 Å². The molecule has 0 saturated carbocycles. The zero-order valence-electron chi connectivity index (χ0n) is 20.0. The van der Waals surface area contributed by atoms with E-state index in [9.17, 15) is 0 Å². The zero-order valence-corrected chi connectivity index (χ0v) is 21.6. The molecule has 0 spiro atoms. The third-order valence-electron chi connectivity index (χ3n) is 7.34. The average molecular weight is 533 g/mol. The van der Waals surface area contributed by atoms with Crippen LogP contribution < -0.4 is 0 Å². The topological polar surface area (TPSA) is 0 Å². The Labute approximate surface area is 224 Å². The Balaban J connectivity index is 1.71. The first-order valence-corrected chi connectivity index (χ1v) is 13.2. The summed E-state index contributed by atoms with van der Waals surface area (Å²) in [6.07, 6.45) is 0. The van der Waals surface area contributed by atoms with Gasteiger partial charge in [-0.1, -0.05) is 121 Å². The first-order valence-electron chi connectivity index (χ1n) is 12.4. The normalized spacial score (nSPS) is 11.2. The molecule has 0 nitrogen and oxygen atoms in total. The monoisotopic (exact) mass is 532 g/mol. The van der Waals surface area contributed by atoms with Crippen molar-refractivity contribution in [2.45, 2.75) is 0 Å². The van der Waals surface area contributed by atoms with Crippen LogP contribution in [0.2, 0.25) is 0 Å². The van der Waals surface area contributed by atoms with Crippen molar-refractivity contribution in [3.8, 4) is 44.1 Å². The standard InChI is InChI=1S/C36H21Br/c37-21-20-27-22-32(24-10-4-1-5-11-24)29-18-19-31-34(26-14-8-3-9-15-26)23-33(25-12-6-2-7-13-25)30-17-16-28(27)35(29)36(30)31/h1-19,22-23H. The minimum Gasteiger partial charge on any atom is -0.0622 e. The highest BCUT2D eigenvalue weighted by Gasteiger charge is 2.19. The van der Waals surface area contributed by atoms with Gasteiger partial charge in [-0.05, 0) is 82.7 Å². The highest BCUT2D eigenvalue weighted by molar-refractivity contribution is 9.12. The van der Waals surface area contributed by atoms with Gasteiger partial charge in [0.15, 0.2) is 0 Å². The van der Waals surface area contributed by atoms with Gasteiger partial charge in [-0.25, -0.2) is 0 Å². The van der Waals surface area contributed by atoms with E-state index in [4.69, 9.17) is 0 Å². The molecule has 1 heteroatoms. The first kappa shape index (κ1) is 21.9. The molecule has 0 aliphatic carbocycles. The quantitative estimate of drug-likeness (QED) is 0.157. The maximum Gasteiger partial charge on any atom is 0.0339 e. The predicted octanol–water partition coefficient (Wildman–Crippen LogP) is 10.3. The van der Waals surface area contributed by atoms with Crippen molar-refractivity contribution in [3.63, 3.8) is 0 Å². The fourth-order valence-electron chi connectivity index (χ4n) is 5.72. The second-order valence-corrected chi connectivity index (χ2v) is 9.73. The molecule has 0 heterocycles.